The van der Waals surface area contributed by atoms with Gasteiger partial charge in [0, 0.05) is 25.2 Å². The molecule has 1 aromatic heterocycles. The summed E-state index contributed by atoms with van der Waals surface area (Å²) in [7, 11) is 1.95. The molecule has 0 saturated carbocycles. The van der Waals surface area contributed by atoms with Gasteiger partial charge in [0.05, 0.1) is 6.04 Å². The maximum atomic E-state index is 4.78. The van der Waals surface area contributed by atoms with E-state index in [0.717, 1.165) is 17.8 Å². The molecule has 0 N–H and O–H groups in total. The van der Waals surface area contributed by atoms with Crippen LogP contribution in [-0.2, 0) is 0 Å². The maximum Gasteiger partial charge on any atom is 0.124 e. The van der Waals surface area contributed by atoms with Crippen molar-refractivity contribution in [2.24, 2.45) is 5.10 Å². The fourth-order valence-corrected chi connectivity index (χ4v) is 1.48. The highest BCUT2D eigenvalue weighted by Gasteiger charge is 2.24. The van der Waals surface area contributed by atoms with Crippen LogP contribution in [0.3, 0.4) is 0 Å². The molecular weight excluding hydrogens is 154 g/mol. The third-order valence-electron chi connectivity index (χ3n) is 2.07. The normalized spacial score (nSPS) is 23.0. The van der Waals surface area contributed by atoms with Crippen LogP contribution < -0.4 is 0 Å². The largest absolute Gasteiger partial charge is 0.364 e. The van der Waals surface area contributed by atoms with Crippen LogP contribution in [0, 0.1) is 0 Å². The number of aromatic nitrogens is 1. The Morgan fingerprint density at radius 2 is 2.50 bits per heavy atom. The van der Waals surface area contributed by atoms with Gasteiger partial charge in [0.25, 0.3) is 0 Å². The van der Waals surface area contributed by atoms with Gasteiger partial charge in [-0.1, -0.05) is 5.16 Å². The fourth-order valence-electron chi connectivity index (χ4n) is 1.48. The Hall–Kier alpha value is -1.32. The van der Waals surface area contributed by atoms with Gasteiger partial charge in [-0.05, 0) is 6.92 Å². The summed E-state index contributed by atoms with van der Waals surface area (Å²) < 4.78 is 4.78. The van der Waals surface area contributed by atoms with E-state index in [-0.39, 0.29) is 6.04 Å². The van der Waals surface area contributed by atoms with Gasteiger partial charge in [-0.25, -0.2) is 0 Å². The molecule has 4 nitrogen and oxygen atoms in total. The van der Waals surface area contributed by atoms with E-state index in [0.29, 0.717) is 0 Å². The van der Waals surface area contributed by atoms with Gasteiger partial charge in [-0.2, -0.15) is 5.10 Å². The SMILES string of the molecule is CC1=NN(C)C(c2ccon2)C1. The summed E-state index contributed by atoms with van der Waals surface area (Å²) in [6.45, 7) is 2.02. The first-order valence-corrected chi connectivity index (χ1v) is 3.94. The van der Waals surface area contributed by atoms with Crippen molar-refractivity contribution < 1.29 is 4.52 Å². The van der Waals surface area contributed by atoms with Gasteiger partial charge in [0.1, 0.15) is 12.0 Å². The second-order valence-corrected chi connectivity index (χ2v) is 3.05. The summed E-state index contributed by atoms with van der Waals surface area (Å²) in [5.74, 6) is 0. The van der Waals surface area contributed by atoms with Gasteiger partial charge < -0.3 is 4.52 Å². The van der Waals surface area contributed by atoms with Gasteiger partial charge in [0.2, 0.25) is 0 Å². The van der Waals surface area contributed by atoms with Crippen molar-refractivity contribution in [2.75, 3.05) is 7.05 Å². The van der Waals surface area contributed by atoms with Crippen LogP contribution in [0.1, 0.15) is 25.1 Å². The smallest absolute Gasteiger partial charge is 0.124 e. The van der Waals surface area contributed by atoms with Crippen molar-refractivity contribution in [1.82, 2.24) is 10.2 Å². The summed E-state index contributed by atoms with van der Waals surface area (Å²) in [4.78, 5) is 0. The van der Waals surface area contributed by atoms with E-state index in [1.54, 1.807) is 6.26 Å². The minimum absolute atomic E-state index is 0.267. The highest BCUT2D eigenvalue weighted by Crippen LogP contribution is 2.27. The number of hydrazone groups is 1. The first-order chi connectivity index (χ1) is 5.77. The standard InChI is InChI=1S/C8H11N3O/c1-6-5-8(11(2)9-6)7-3-4-12-10-7/h3-4,8H,5H2,1-2H3. The highest BCUT2D eigenvalue weighted by molar-refractivity contribution is 5.83. The van der Waals surface area contributed by atoms with E-state index in [1.165, 1.54) is 0 Å². The van der Waals surface area contributed by atoms with Crippen molar-refractivity contribution in [2.45, 2.75) is 19.4 Å². The third kappa shape index (κ3) is 1.09. The van der Waals surface area contributed by atoms with Crippen molar-refractivity contribution in [3.05, 3.63) is 18.0 Å². The molecule has 2 rings (SSSR count). The Morgan fingerprint density at radius 1 is 1.67 bits per heavy atom. The lowest BCUT2D eigenvalue weighted by molar-refractivity contribution is 0.273. The molecular formula is C8H11N3O. The maximum absolute atomic E-state index is 4.78. The lowest BCUT2D eigenvalue weighted by atomic mass is 10.1. The summed E-state index contributed by atoms with van der Waals surface area (Å²) in [5.41, 5.74) is 2.10. The van der Waals surface area contributed by atoms with Crippen molar-refractivity contribution in [3.63, 3.8) is 0 Å². The minimum Gasteiger partial charge on any atom is -0.364 e. The molecule has 1 aliphatic rings. The first kappa shape index (κ1) is 7.34. The predicted octanol–water partition coefficient (Wildman–Crippen LogP) is 1.43. The third-order valence-corrected chi connectivity index (χ3v) is 2.07. The van der Waals surface area contributed by atoms with Crippen LogP contribution in [-0.4, -0.2) is 22.9 Å². The van der Waals surface area contributed by atoms with Crippen molar-refractivity contribution in [1.29, 1.82) is 0 Å². The molecule has 0 aromatic carbocycles. The van der Waals surface area contributed by atoms with E-state index in [1.807, 2.05) is 25.0 Å². The van der Waals surface area contributed by atoms with Gasteiger partial charge >= 0.3 is 0 Å². The van der Waals surface area contributed by atoms with Gasteiger partial charge in [0.15, 0.2) is 0 Å². The fraction of sp³-hybridized carbons (Fsp3) is 0.500. The second kappa shape index (κ2) is 2.62. The van der Waals surface area contributed by atoms with E-state index < -0.39 is 0 Å². The summed E-state index contributed by atoms with van der Waals surface area (Å²) in [6.07, 6.45) is 2.54. The molecule has 1 aromatic rings. The highest BCUT2D eigenvalue weighted by atomic mass is 16.5. The zero-order chi connectivity index (χ0) is 8.55. The molecule has 0 aliphatic carbocycles. The average Bonchev–Trinajstić information content (AvgIpc) is 2.58. The zero-order valence-electron chi connectivity index (χ0n) is 7.19. The molecule has 64 valence electrons. The van der Waals surface area contributed by atoms with Crippen LogP contribution in [0.25, 0.3) is 0 Å². The molecule has 1 atom stereocenters. The molecule has 0 fully saturated rings. The Morgan fingerprint density at radius 3 is 3.00 bits per heavy atom. The number of hydrogen-bond acceptors (Lipinski definition) is 4. The van der Waals surface area contributed by atoms with Crippen LogP contribution >= 0.6 is 0 Å². The van der Waals surface area contributed by atoms with E-state index in [4.69, 9.17) is 4.52 Å². The average molecular weight is 165 g/mol. The van der Waals surface area contributed by atoms with Crippen LogP contribution in [0.5, 0.6) is 0 Å². The monoisotopic (exact) mass is 165 g/mol. The lowest BCUT2D eigenvalue weighted by Crippen LogP contribution is -2.13. The molecule has 0 radical (unpaired) electrons. The first-order valence-electron chi connectivity index (χ1n) is 3.94. The lowest BCUT2D eigenvalue weighted by Gasteiger charge is -2.15. The Balaban J connectivity index is 2.19. The number of nitrogens with zero attached hydrogens (tertiary/aromatic N) is 3. The Bertz CT molecular complexity index is 291. The van der Waals surface area contributed by atoms with Crippen LogP contribution in [0.15, 0.2) is 22.0 Å². The van der Waals surface area contributed by atoms with Crippen molar-refractivity contribution in [3.8, 4) is 0 Å². The van der Waals surface area contributed by atoms with E-state index in [9.17, 15) is 0 Å². The summed E-state index contributed by atoms with van der Waals surface area (Å²) in [6, 6.07) is 2.15. The van der Waals surface area contributed by atoms with Crippen LogP contribution in [0.2, 0.25) is 0 Å². The summed E-state index contributed by atoms with van der Waals surface area (Å²) in [5, 5.41) is 10.1. The number of rotatable bonds is 1. The quantitative estimate of drug-likeness (QED) is 0.632. The molecule has 1 unspecified atom stereocenters. The molecule has 0 spiro atoms. The van der Waals surface area contributed by atoms with Gasteiger partial charge in [-0.3, -0.25) is 5.01 Å². The molecule has 4 heteroatoms. The molecule has 0 amide bonds. The predicted molar refractivity (Wildman–Crippen MR) is 44.7 cm³/mol. The molecule has 1 aliphatic heterocycles. The van der Waals surface area contributed by atoms with Crippen molar-refractivity contribution >= 4 is 5.71 Å². The Labute approximate surface area is 70.8 Å². The topological polar surface area (TPSA) is 41.6 Å². The van der Waals surface area contributed by atoms with Crippen LogP contribution in [0.4, 0.5) is 0 Å². The second-order valence-electron chi connectivity index (χ2n) is 3.05. The molecule has 2 heterocycles. The Kier molecular flexibility index (Phi) is 1.60. The van der Waals surface area contributed by atoms with E-state index in [2.05, 4.69) is 10.3 Å². The molecule has 12 heavy (non-hydrogen) atoms. The van der Waals surface area contributed by atoms with E-state index >= 15 is 0 Å². The molecule has 0 saturated heterocycles. The van der Waals surface area contributed by atoms with Gasteiger partial charge in [-0.15, -0.1) is 0 Å². The summed E-state index contributed by atoms with van der Waals surface area (Å²) >= 11 is 0. The number of hydrogen-bond donors (Lipinski definition) is 0. The zero-order valence-corrected chi connectivity index (χ0v) is 7.19. The molecule has 0 bridgehead atoms. The minimum atomic E-state index is 0.267.